The number of rotatable bonds is 10. The van der Waals surface area contributed by atoms with E-state index in [1.165, 1.54) is 24.3 Å². The average molecular weight is 413 g/mol. The summed E-state index contributed by atoms with van der Waals surface area (Å²) in [5.74, 6) is -1.33. The highest BCUT2D eigenvalue weighted by atomic mass is 16.6. The first-order valence-electron chi connectivity index (χ1n) is 9.46. The van der Waals surface area contributed by atoms with Gasteiger partial charge in [0.1, 0.15) is 0 Å². The van der Waals surface area contributed by atoms with Crippen molar-refractivity contribution in [2.24, 2.45) is 0 Å². The highest BCUT2D eigenvalue weighted by molar-refractivity contribution is 5.93. The summed E-state index contributed by atoms with van der Waals surface area (Å²) in [6.45, 7) is 1.58. The number of para-hydroxylation sites is 1. The molecule has 2 amide bonds. The van der Waals surface area contributed by atoms with E-state index in [1.54, 1.807) is 6.07 Å². The van der Waals surface area contributed by atoms with Crippen LogP contribution in [0.5, 0.6) is 0 Å². The van der Waals surface area contributed by atoms with E-state index in [0.717, 1.165) is 12.0 Å². The first-order valence-corrected chi connectivity index (χ1v) is 9.46. The first kappa shape index (κ1) is 22.5. The van der Waals surface area contributed by atoms with Crippen LogP contribution in [-0.2, 0) is 25.5 Å². The number of ether oxygens (including phenoxy) is 1. The second-order valence-corrected chi connectivity index (χ2v) is 6.43. The van der Waals surface area contributed by atoms with Gasteiger partial charge in [-0.3, -0.25) is 24.5 Å². The summed E-state index contributed by atoms with van der Waals surface area (Å²) < 4.78 is 4.94. The van der Waals surface area contributed by atoms with Gasteiger partial charge in [0.2, 0.25) is 5.91 Å². The maximum absolute atomic E-state index is 11.9. The summed E-state index contributed by atoms with van der Waals surface area (Å²) in [6.07, 6.45) is 1.07. The van der Waals surface area contributed by atoms with Crippen molar-refractivity contribution >= 4 is 34.8 Å². The molecule has 30 heavy (non-hydrogen) atoms. The number of anilines is 2. The molecular weight excluding hydrogens is 390 g/mol. The van der Waals surface area contributed by atoms with Crippen molar-refractivity contribution < 1.29 is 24.0 Å². The summed E-state index contributed by atoms with van der Waals surface area (Å²) in [5, 5.41) is 15.9. The van der Waals surface area contributed by atoms with Crippen molar-refractivity contribution in [3.63, 3.8) is 0 Å². The van der Waals surface area contributed by atoms with Crippen LogP contribution in [-0.4, -0.2) is 29.3 Å². The number of amides is 2. The van der Waals surface area contributed by atoms with Crippen LogP contribution in [0.4, 0.5) is 17.1 Å². The molecule has 0 heterocycles. The van der Waals surface area contributed by atoms with Crippen molar-refractivity contribution in [1.29, 1.82) is 0 Å². The Kier molecular flexibility index (Phi) is 8.49. The molecule has 0 aromatic heterocycles. The Morgan fingerprint density at radius 2 is 1.67 bits per heavy atom. The summed E-state index contributed by atoms with van der Waals surface area (Å²) in [7, 11) is 0. The molecular formula is C21H23N3O6. The van der Waals surface area contributed by atoms with Gasteiger partial charge >= 0.3 is 5.97 Å². The zero-order valence-corrected chi connectivity index (χ0v) is 16.6. The van der Waals surface area contributed by atoms with E-state index >= 15 is 0 Å². The number of carbonyl (C=O) groups excluding carboxylic acids is 3. The van der Waals surface area contributed by atoms with Gasteiger partial charge in [-0.05, 0) is 36.6 Å². The summed E-state index contributed by atoms with van der Waals surface area (Å²) in [4.78, 5) is 45.7. The molecule has 0 unspecified atom stereocenters. The molecule has 2 N–H and O–H groups in total. The Bertz CT molecular complexity index is 911. The maximum Gasteiger partial charge on any atom is 0.306 e. The monoisotopic (exact) mass is 413 g/mol. The Hall–Kier alpha value is -3.75. The second-order valence-electron chi connectivity index (χ2n) is 6.43. The number of nitro groups is 1. The van der Waals surface area contributed by atoms with Crippen LogP contribution in [0.2, 0.25) is 0 Å². The van der Waals surface area contributed by atoms with Gasteiger partial charge in [-0.1, -0.05) is 25.1 Å². The normalized spacial score (nSPS) is 10.2. The van der Waals surface area contributed by atoms with Crippen molar-refractivity contribution in [3.05, 3.63) is 64.2 Å². The van der Waals surface area contributed by atoms with Crippen LogP contribution in [0.15, 0.2) is 48.5 Å². The fraction of sp³-hybridized carbons (Fsp3) is 0.286. The number of hydrogen-bond acceptors (Lipinski definition) is 6. The number of nitrogens with zero attached hydrogens (tertiary/aromatic N) is 1. The average Bonchev–Trinajstić information content (AvgIpc) is 2.73. The molecule has 2 rings (SSSR count). The number of nitrogens with one attached hydrogen (secondary N) is 2. The van der Waals surface area contributed by atoms with Gasteiger partial charge < -0.3 is 15.4 Å². The second kappa shape index (κ2) is 11.3. The van der Waals surface area contributed by atoms with Crippen molar-refractivity contribution in [2.75, 3.05) is 17.2 Å². The molecule has 9 heteroatoms. The lowest BCUT2D eigenvalue weighted by atomic mass is 10.1. The SMILES string of the molecule is CCc1ccccc1NC(=O)COC(=O)CCCC(=O)Nc1ccc([N+](=O)[O-])cc1. The largest absolute Gasteiger partial charge is 0.456 e. The van der Waals surface area contributed by atoms with Crippen molar-refractivity contribution in [2.45, 2.75) is 32.6 Å². The number of hydrogen-bond donors (Lipinski definition) is 2. The quantitative estimate of drug-likeness (QED) is 0.349. The molecule has 2 aromatic carbocycles. The Labute approximate surface area is 173 Å². The lowest BCUT2D eigenvalue weighted by Gasteiger charge is -2.10. The van der Waals surface area contributed by atoms with Gasteiger partial charge in [0.05, 0.1) is 4.92 Å². The molecule has 0 aliphatic rings. The lowest BCUT2D eigenvalue weighted by Crippen LogP contribution is -2.21. The smallest absolute Gasteiger partial charge is 0.306 e. The number of nitro benzene ring substituents is 1. The van der Waals surface area contributed by atoms with Crippen LogP contribution in [0.1, 0.15) is 31.7 Å². The van der Waals surface area contributed by atoms with E-state index in [9.17, 15) is 24.5 Å². The van der Waals surface area contributed by atoms with E-state index in [-0.39, 0.29) is 30.9 Å². The van der Waals surface area contributed by atoms with E-state index < -0.39 is 23.4 Å². The number of esters is 1. The highest BCUT2D eigenvalue weighted by Gasteiger charge is 2.11. The fourth-order valence-electron chi connectivity index (χ4n) is 2.64. The van der Waals surface area contributed by atoms with E-state index in [1.807, 2.05) is 25.1 Å². The predicted molar refractivity (Wildman–Crippen MR) is 111 cm³/mol. The molecule has 0 saturated heterocycles. The molecule has 0 radical (unpaired) electrons. The standard InChI is InChI=1S/C21H23N3O6/c1-2-15-6-3-4-7-18(15)23-20(26)14-30-21(27)9-5-8-19(25)22-16-10-12-17(13-11-16)24(28)29/h3-4,6-7,10-13H,2,5,8-9,14H2,1H3,(H,22,25)(H,23,26). The lowest BCUT2D eigenvalue weighted by molar-refractivity contribution is -0.384. The van der Waals surface area contributed by atoms with E-state index in [4.69, 9.17) is 4.74 Å². The van der Waals surface area contributed by atoms with Crippen LogP contribution in [0, 0.1) is 10.1 Å². The molecule has 0 spiro atoms. The van der Waals surface area contributed by atoms with Crippen molar-refractivity contribution in [3.8, 4) is 0 Å². The molecule has 158 valence electrons. The number of benzene rings is 2. The first-order chi connectivity index (χ1) is 14.4. The minimum Gasteiger partial charge on any atom is -0.456 e. The molecule has 0 fully saturated rings. The van der Waals surface area contributed by atoms with Gasteiger partial charge in [-0.15, -0.1) is 0 Å². The van der Waals surface area contributed by atoms with Crippen LogP contribution >= 0.6 is 0 Å². The molecule has 9 nitrogen and oxygen atoms in total. The Morgan fingerprint density at radius 1 is 0.967 bits per heavy atom. The molecule has 0 bridgehead atoms. The van der Waals surface area contributed by atoms with Gasteiger partial charge in [0, 0.05) is 36.3 Å². The zero-order chi connectivity index (χ0) is 21.9. The summed E-state index contributed by atoms with van der Waals surface area (Å²) in [5.41, 5.74) is 2.02. The summed E-state index contributed by atoms with van der Waals surface area (Å²) in [6, 6.07) is 12.8. The van der Waals surface area contributed by atoms with Gasteiger partial charge in [-0.25, -0.2) is 0 Å². The summed E-state index contributed by atoms with van der Waals surface area (Å²) >= 11 is 0. The topological polar surface area (TPSA) is 128 Å². The predicted octanol–water partition coefficient (Wildman–Crippen LogP) is 3.45. The Morgan fingerprint density at radius 3 is 2.33 bits per heavy atom. The third kappa shape index (κ3) is 7.34. The number of aryl methyl sites for hydroxylation is 1. The fourth-order valence-corrected chi connectivity index (χ4v) is 2.64. The van der Waals surface area contributed by atoms with Gasteiger partial charge in [0.25, 0.3) is 11.6 Å². The molecule has 2 aromatic rings. The molecule has 0 aliphatic heterocycles. The number of carbonyl (C=O) groups is 3. The molecule has 0 saturated carbocycles. The minimum atomic E-state index is -0.572. The number of non-ortho nitro benzene ring substituents is 1. The molecule has 0 atom stereocenters. The van der Waals surface area contributed by atoms with E-state index in [2.05, 4.69) is 10.6 Å². The van der Waals surface area contributed by atoms with Crippen LogP contribution in [0.3, 0.4) is 0 Å². The zero-order valence-electron chi connectivity index (χ0n) is 16.6. The van der Waals surface area contributed by atoms with Gasteiger partial charge in [0.15, 0.2) is 6.61 Å². The highest BCUT2D eigenvalue weighted by Crippen LogP contribution is 2.16. The third-order valence-electron chi connectivity index (χ3n) is 4.18. The van der Waals surface area contributed by atoms with Crippen LogP contribution in [0.25, 0.3) is 0 Å². The van der Waals surface area contributed by atoms with E-state index in [0.29, 0.717) is 11.4 Å². The third-order valence-corrected chi connectivity index (χ3v) is 4.18. The minimum absolute atomic E-state index is 0.00743. The van der Waals surface area contributed by atoms with Gasteiger partial charge in [-0.2, -0.15) is 0 Å². The molecule has 0 aliphatic carbocycles. The maximum atomic E-state index is 11.9. The Balaban J connectivity index is 1.66. The van der Waals surface area contributed by atoms with Crippen molar-refractivity contribution in [1.82, 2.24) is 0 Å². The van der Waals surface area contributed by atoms with Crippen LogP contribution < -0.4 is 10.6 Å².